The van der Waals surface area contributed by atoms with Crippen LogP contribution in [0.1, 0.15) is 5.56 Å². The molecular weight excluding hydrogens is 470 g/mol. The molecular formula is C20H27N5O6S2. The van der Waals surface area contributed by atoms with E-state index in [1.54, 1.807) is 6.20 Å². The molecule has 1 heterocycles. The highest BCUT2D eigenvalue weighted by Crippen LogP contribution is 2.18. The molecule has 8 N–H and O–H groups in total. The van der Waals surface area contributed by atoms with E-state index in [0.29, 0.717) is 0 Å². The Labute approximate surface area is 200 Å². The first kappa shape index (κ1) is 26.5. The Kier molecular flexibility index (Phi) is 10.0. The molecule has 11 nitrogen and oxygen atoms in total. The number of rotatable bonds is 12. The lowest BCUT2D eigenvalue weighted by molar-refractivity contribution is -0.143. The molecule has 0 bridgehead atoms. The second-order valence-electron chi connectivity index (χ2n) is 7.24. The number of carboxylic acids is 1. The number of aliphatic carboxylic acids is 1. The van der Waals surface area contributed by atoms with E-state index in [0.717, 1.165) is 16.5 Å². The number of H-pyrrole nitrogens is 1. The summed E-state index contributed by atoms with van der Waals surface area (Å²) in [4.78, 5) is 51.5. The number of para-hydroxylation sites is 1. The zero-order chi connectivity index (χ0) is 24.5. The third-order valence-corrected chi connectivity index (χ3v) is 5.61. The Morgan fingerprint density at radius 3 is 2.03 bits per heavy atom. The SMILES string of the molecule is NC(Cc1c[nH]c2ccccc12)C(=O)NC(CS)C(=O)NC(CS)C(=O)NC(CO)C(=O)O. The average Bonchev–Trinajstić information content (AvgIpc) is 3.21. The van der Waals surface area contributed by atoms with Crippen LogP contribution in [0.25, 0.3) is 10.9 Å². The third kappa shape index (κ3) is 7.12. The number of aromatic amines is 1. The smallest absolute Gasteiger partial charge is 0.328 e. The normalized spacial score (nSPS) is 14.7. The summed E-state index contributed by atoms with van der Waals surface area (Å²) in [5.74, 6) is -3.80. The summed E-state index contributed by atoms with van der Waals surface area (Å²) in [5, 5.41) is 25.9. The summed E-state index contributed by atoms with van der Waals surface area (Å²) >= 11 is 8.08. The second-order valence-corrected chi connectivity index (χ2v) is 7.97. The van der Waals surface area contributed by atoms with Crippen LogP contribution in [0.5, 0.6) is 0 Å². The van der Waals surface area contributed by atoms with Crippen molar-refractivity contribution in [1.82, 2.24) is 20.9 Å². The summed E-state index contributed by atoms with van der Waals surface area (Å²) in [7, 11) is 0. The van der Waals surface area contributed by atoms with Crippen LogP contribution in [0, 0.1) is 0 Å². The minimum Gasteiger partial charge on any atom is -0.480 e. The van der Waals surface area contributed by atoms with Crippen LogP contribution in [0.15, 0.2) is 30.5 Å². The molecule has 1 aromatic carbocycles. The van der Waals surface area contributed by atoms with E-state index in [1.165, 1.54) is 0 Å². The highest BCUT2D eigenvalue weighted by Gasteiger charge is 2.29. The molecule has 0 aliphatic heterocycles. The van der Waals surface area contributed by atoms with Gasteiger partial charge in [0.2, 0.25) is 17.7 Å². The lowest BCUT2D eigenvalue weighted by atomic mass is 10.0. The van der Waals surface area contributed by atoms with Gasteiger partial charge in [0, 0.05) is 28.6 Å². The van der Waals surface area contributed by atoms with E-state index >= 15 is 0 Å². The standard InChI is InChI=1S/C20H27N5O6S2/c21-12(5-10-6-22-13-4-2-1-3-11(10)13)17(27)24-15(8-32)19(29)25-16(9-33)18(28)23-14(7-26)20(30)31/h1-4,6,12,14-16,22,26,32-33H,5,7-9,21H2,(H,23,28)(H,24,27)(H,25,29)(H,30,31). The van der Waals surface area contributed by atoms with Gasteiger partial charge in [0.25, 0.3) is 0 Å². The Morgan fingerprint density at radius 2 is 1.48 bits per heavy atom. The van der Waals surface area contributed by atoms with Crippen molar-refractivity contribution < 1.29 is 29.4 Å². The number of hydrogen-bond acceptors (Lipinski definition) is 8. The number of fused-ring (bicyclic) bond motifs is 1. The highest BCUT2D eigenvalue weighted by molar-refractivity contribution is 7.80. The number of carbonyl (C=O) groups excluding carboxylic acids is 3. The Bertz CT molecular complexity index is 1000. The molecule has 0 fully saturated rings. The molecule has 0 radical (unpaired) electrons. The summed E-state index contributed by atoms with van der Waals surface area (Å²) < 4.78 is 0. The van der Waals surface area contributed by atoms with E-state index < -0.39 is 54.5 Å². The number of benzene rings is 1. The van der Waals surface area contributed by atoms with Crippen LogP contribution >= 0.6 is 25.3 Å². The number of aliphatic hydroxyl groups excluding tert-OH is 1. The minimum atomic E-state index is -1.53. The van der Waals surface area contributed by atoms with Gasteiger partial charge in [-0.05, 0) is 18.1 Å². The van der Waals surface area contributed by atoms with Gasteiger partial charge in [-0.1, -0.05) is 18.2 Å². The molecule has 0 spiro atoms. The van der Waals surface area contributed by atoms with Gasteiger partial charge in [-0.3, -0.25) is 14.4 Å². The van der Waals surface area contributed by atoms with Crippen LogP contribution < -0.4 is 21.7 Å². The van der Waals surface area contributed by atoms with Gasteiger partial charge < -0.3 is 36.9 Å². The number of hydrogen-bond donors (Lipinski definition) is 9. The zero-order valence-electron chi connectivity index (χ0n) is 17.5. The number of thiol groups is 2. The summed E-state index contributed by atoms with van der Waals surface area (Å²) in [6.45, 7) is -0.821. The fourth-order valence-corrected chi connectivity index (χ4v) is 3.54. The summed E-state index contributed by atoms with van der Waals surface area (Å²) in [6.07, 6.45) is 2.00. The first-order valence-corrected chi connectivity index (χ1v) is 11.2. The van der Waals surface area contributed by atoms with Gasteiger partial charge in [-0.2, -0.15) is 25.3 Å². The van der Waals surface area contributed by atoms with Crippen LogP contribution in [0.3, 0.4) is 0 Å². The zero-order valence-corrected chi connectivity index (χ0v) is 19.3. The van der Waals surface area contributed by atoms with Crippen LogP contribution in [-0.2, 0) is 25.6 Å². The molecule has 4 atom stereocenters. The van der Waals surface area contributed by atoms with Crippen LogP contribution in [0.2, 0.25) is 0 Å². The van der Waals surface area contributed by atoms with Crippen molar-refractivity contribution in [2.45, 2.75) is 30.6 Å². The van der Waals surface area contributed by atoms with Crippen molar-refractivity contribution in [3.05, 3.63) is 36.0 Å². The number of amides is 3. The van der Waals surface area contributed by atoms with E-state index in [2.05, 4.69) is 46.2 Å². The molecule has 13 heteroatoms. The van der Waals surface area contributed by atoms with Crippen LogP contribution in [0.4, 0.5) is 0 Å². The first-order valence-electron chi connectivity index (χ1n) is 9.98. The molecule has 0 aliphatic carbocycles. The summed E-state index contributed by atoms with van der Waals surface area (Å²) in [5.41, 5.74) is 7.80. The van der Waals surface area contributed by atoms with E-state index in [9.17, 15) is 19.2 Å². The maximum absolute atomic E-state index is 12.6. The largest absolute Gasteiger partial charge is 0.480 e. The molecule has 0 saturated heterocycles. The van der Waals surface area contributed by atoms with Crippen molar-refractivity contribution in [3.8, 4) is 0 Å². The topological polar surface area (TPSA) is 187 Å². The fourth-order valence-electron chi connectivity index (χ4n) is 3.03. The fraction of sp³-hybridized carbons (Fsp3) is 0.400. The minimum absolute atomic E-state index is 0.0767. The molecule has 1 aromatic heterocycles. The van der Waals surface area contributed by atoms with Gasteiger partial charge in [0.05, 0.1) is 12.6 Å². The highest BCUT2D eigenvalue weighted by atomic mass is 32.1. The molecule has 33 heavy (non-hydrogen) atoms. The van der Waals surface area contributed by atoms with Crippen molar-refractivity contribution >= 4 is 59.9 Å². The number of nitrogens with two attached hydrogens (primary N) is 1. The Hall–Kier alpha value is -2.74. The molecule has 4 unspecified atom stereocenters. The number of carboxylic acid groups (broad SMARTS) is 1. The summed E-state index contributed by atoms with van der Waals surface area (Å²) in [6, 6.07) is 2.80. The maximum atomic E-state index is 12.6. The number of aliphatic hydroxyl groups is 1. The molecule has 2 aromatic rings. The monoisotopic (exact) mass is 497 g/mol. The lowest BCUT2D eigenvalue weighted by Crippen LogP contribution is -2.58. The Balaban J connectivity index is 1.97. The van der Waals surface area contributed by atoms with E-state index in [4.69, 9.17) is 15.9 Å². The van der Waals surface area contributed by atoms with Gasteiger partial charge in [-0.15, -0.1) is 0 Å². The van der Waals surface area contributed by atoms with E-state index in [1.807, 2.05) is 24.3 Å². The molecule has 180 valence electrons. The Morgan fingerprint density at radius 1 is 0.939 bits per heavy atom. The van der Waals surface area contributed by atoms with Gasteiger partial charge in [0.1, 0.15) is 18.1 Å². The second kappa shape index (κ2) is 12.5. The maximum Gasteiger partial charge on any atom is 0.328 e. The molecule has 2 rings (SSSR count). The number of aromatic nitrogens is 1. The van der Waals surface area contributed by atoms with Gasteiger partial charge in [0.15, 0.2) is 0 Å². The van der Waals surface area contributed by atoms with Crippen LogP contribution in [-0.4, -0.2) is 81.2 Å². The van der Waals surface area contributed by atoms with Crippen molar-refractivity contribution in [3.63, 3.8) is 0 Å². The molecule has 3 amide bonds. The van der Waals surface area contributed by atoms with E-state index in [-0.39, 0.29) is 17.9 Å². The van der Waals surface area contributed by atoms with Crippen molar-refractivity contribution in [2.24, 2.45) is 5.73 Å². The van der Waals surface area contributed by atoms with Gasteiger partial charge in [-0.25, -0.2) is 4.79 Å². The quantitative estimate of drug-likeness (QED) is 0.158. The van der Waals surface area contributed by atoms with Gasteiger partial charge >= 0.3 is 5.97 Å². The third-order valence-electron chi connectivity index (χ3n) is 4.88. The van der Waals surface area contributed by atoms with Crippen molar-refractivity contribution in [1.29, 1.82) is 0 Å². The number of carbonyl (C=O) groups is 4. The predicted octanol–water partition coefficient (Wildman–Crippen LogP) is -1.57. The first-order chi connectivity index (χ1) is 15.7. The lowest BCUT2D eigenvalue weighted by Gasteiger charge is -2.23. The number of nitrogens with one attached hydrogen (secondary N) is 4. The molecule has 0 aliphatic rings. The average molecular weight is 498 g/mol. The predicted molar refractivity (Wildman–Crippen MR) is 128 cm³/mol. The van der Waals surface area contributed by atoms with Crippen molar-refractivity contribution in [2.75, 3.05) is 18.1 Å². The molecule has 0 saturated carbocycles.